The van der Waals surface area contributed by atoms with Gasteiger partial charge in [-0.05, 0) is 30.3 Å². The van der Waals surface area contributed by atoms with Gasteiger partial charge in [-0.25, -0.2) is 0 Å². The van der Waals surface area contributed by atoms with Gasteiger partial charge in [0, 0.05) is 24.2 Å². The summed E-state index contributed by atoms with van der Waals surface area (Å²) in [5, 5.41) is 3.15. The predicted molar refractivity (Wildman–Crippen MR) is 96.5 cm³/mol. The van der Waals surface area contributed by atoms with E-state index in [2.05, 4.69) is 10.3 Å². The zero-order valence-electron chi connectivity index (χ0n) is 14.1. The Bertz CT molecular complexity index is 755. The number of rotatable bonds is 3. The first-order chi connectivity index (χ1) is 11.2. The first kappa shape index (κ1) is 17.9. The molecule has 1 aromatic heterocycles. The number of halogens is 1. The van der Waals surface area contributed by atoms with Gasteiger partial charge < -0.3 is 10.2 Å². The predicted octanol–water partition coefficient (Wildman–Crippen LogP) is 4.00. The molecule has 0 bridgehead atoms. The molecule has 0 fully saturated rings. The van der Waals surface area contributed by atoms with E-state index in [4.69, 9.17) is 11.6 Å². The standard InChI is InChI=1S/C18H20ClN3O2/c1-18(2,3)17(24)21-15-10-12(7-8-14(15)19)16(23)22(4)13-6-5-9-20-11-13/h5-11H,1-4H3,(H,21,24). The first-order valence-electron chi connectivity index (χ1n) is 7.49. The number of benzene rings is 1. The maximum atomic E-state index is 12.6. The maximum Gasteiger partial charge on any atom is 0.258 e. The molecule has 1 aromatic carbocycles. The fraction of sp³-hybridized carbons (Fsp3) is 0.278. The van der Waals surface area contributed by atoms with Gasteiger partial charge in [0.15, 0.2) is 0 Å². The Morgan fingerprint density at radius 1 is 1.21 bits per heavy atom. The van der Waals surface area contributed by atoms with Crippen LogP contribution in [0.5, 0.6) is 0 Å². The number of carbonyl (C=O) groups is 2. The summed E-state index contributed by atoms with van der Waals surface area (Å²) in [7, 11) is 1.67. The highest BCUT2D eigenvalue weighted by Gasteiger charge is 2.23. The van der Waals surface area contributed by atoms with E-state index in [9.17, 15) is 9.59 Å². The van der Waals surface area contributed by atoms with E-state index in [1.165, 1.54) is 4.90 Å². The summed E-state index contributed by atoms with van der Waals surface area (Å²) >= 11 is 6.14. The van der Waals surface area contributed by atoms with Crippen molar-refractivity contribution in [3.63, 3.8) is 0 Å². The van der Waals surface area contributed by atoms with Gasteiger partial charge in [-0.2, -0.15) is 0 Å². The first-order valence-corrected chi connectivity index (χ1v) is 7.87. The molecule has 6 heteroatoms. The third-order valence-corrected chi connectivity index (χ3v) is 3.81. The number of nitrogens with one attached hydrogen (secondary N) is 1. The summed E-state index contributed by atoms with van der Waals surface area (Å²) < 4.78 is 0. The van der Waals surface area contributed by atoms with E-state index in [1.54, 1.807) is 70.5 Å². The Morgan fingerprint density at radius 2 is 1.92 bits per heavy atom. The number of hydrogen-bond acceptors (Lipinski definition) is 3. The second-order valence-electron chi connectivity index (χ2n) is 6.47. The molecule has 2 aromatic rings. The lowest BCUT2D eigenvalue weighted by Crippen LogP contribution is -2.28. The Hall–Kier alpha value is -2.40. The van der Waals surface area contributed by atoms with Crippen LogP contribution in [0.2, 0.25) is 5.02 Å². The molecule has 2 amide bonds. The highest BCUT2D eigenvalue weighted by atomic mass is 35.5. The highest BCUT2D eigenvalue weighted by Crippen LogP contribution is 2.26. The normalized spacial score (nSPS) is 11.0. The van der Waals surface area contributed by atoms with Crippen LogP contribution in [0.25, 0.3) is 0 Å². The van der Waals surface area contributed by atoms with Gasteiger partial charge in [-0.15, -0.1) is 0 Å². The van der Waals surface area contributed by atoms with Gasteiger partial charge in [0.1, 0.15) is 0 Å². The number of nitrogens with zero attached hydrogens (tertiary/aromatic N) is 2. The summed E-state index contributed by atoms with van der Waals surface area (Å²) in [4.78, 5) is 30.3. The molecular weight excluding hydrogens is 326 g/mol. The molecule has 1 heterocycles. The molecule has 0 spiro atoms. The van der Waals surface area contributed by atoms with Gasteiger partial charge in [0.05, 0.1) is 22.6 Å². The molecular formula is C18H20ClN3O2. The smallest absolute Gasteiger partial charge is 0.258 e. The molecule has 1 N–H and O–H groups in total. The minimum Gasteiger partial charge on any atom is -0.324 e. The van der Waals surface area contributed by atoms with E-state index in [0.29, 0.717) is 22.0 Å². The lowest BCUT2D eigenvalue weighted by molar-refractivity contribution is -0.123. The van der Waals surface area contributed by atoms with Crippen LogP contribution >= 0.6 is 11.6 Å². The molecule has 0 saturated heterocycles. The molecule has 24 heavy (non-hydrogen) atoms. The van der Waals surface area contributed by atoms with Crippen molar-refractivity contribution in [2.75, 3.05) is 17.3 Å². The fourth-order valence-corrected chi connectivity index (χ4v) is 2.09. The van der Waals surface area contributed by atoms with E-state index >= 15 is 0 Å². The van der Waals surface area contributed by atoms with Gasteiger partial charge >= 0.3 is 0 Å². The van der Waals surface area contributed by atoms with Gasteiger partial charge in [0.25, 0.3) is 5.91 Å². The van der Waals surface area contributed by atoms with Crippen LogP contribution in [-0.4, -0.2) is 23.8 Å². The molecule has 2 rings (SSSR count). The van der Waals surface area contributed by atoms with Crippen molar-refractivity contribution < 1.29 is 9.59 Å². The Balaban J connectivity index is 2.27. The number of anilines is 2. The summed E-state index contributed by atoms with van der Waals surface area (Å²) in [5.74, 6) is -0.388. The molecule has 0 aliphatic heterocycles. The van der Waals surface area contributed by atoms with Crippen LogP contribution in [0.1, 0.15) is 31.1 Å². The maximum absolute atomic E-state index is 12.6. The minimum atomic E-state index is -0.560. The lowest BCUT2D eigenvalue weighted by atomic mass is 9.95. The molecule has 0 saturated carbocycles. The summed E-state index contributed by atoms with van der Waals surface area (Å²) in [5.41, 5.74) is 0.963. The Kier molecular flexibility index (Phi) is 5.24. The highest BCUT2D eigenvalue weighted by molar-refractivity contribution is 6.34. The number of carbonyl (C=O) groups excluding carboxylic acids is 2. The average Bonchev–Trinajstić information content (AvgIpc) is 2.55. The minimum absolute atomic E-state index is 0.172. The van der Waals surface area contributed by atoms with Gasteiger partial charge in [0.2, 0.25) is 5.91 Å². The monoisotopic (exact) mass is 345 g/mol. The van der Waals surface area contributed by atoms with Crippen LogP contribution in [0.3, 0.4) is 0 Å². The van der Waals surface area contributed by atoms with Crippen molar-refractivity contribution in [1.82, 2.24) is 4.98 Å². The number of hydrogen-bond donors (Lipinski definition) is 1. The molecule has 5 nitrogen and oxygen atoms in total. The second-order valence-corrected chi connectivity index (χ2v) is 6.88. The zero-order valence-corrected chi connectivity index (χ0v) is 14.9. The number of amides is 2. The summed E-state index contributed by atoms with van der Waals surface area (Å²) in [6, 6.07) is 8.37. The number of pyridine rings is 1. The molecule has 0 aliphatic carbocycles. The van der Waals surface area contributed by atoms with Crippen LogP contribution in [0, 0.1) is 5.41 Å². The summed E-state index contributed by atoms with van der Waals surface area (Å²) in [6.45, 7) is 5.42. The second kappa shape index (κ2) is 7.01. The van der Waals surface area contributed by atoms with Gasteiger partial charge in [-0.3, -0.25) is 14.6 Å². The van der Waals surface area contributed by atoms with E-state index in [-0.39, 0.29) is 11.8 Å². The number of aromatic nitrogens is 1. The topological polar surface area (TPSA) is 62.3 Å². The lowest BCUT2D eigenvalue weighted by Gasteiger charge is -2.20. The molecule has 0 unspecified atom stereocenters. The molecule has 126 valence electrons. The van der Waals surface area contributed by atoms with Crippen molar-refractivity contribution >= 4 is 34.8 Å². The fourth-order valence-electron chi connectivity index (χ4n) is 1.93. The van der Waals surface area contributed by atoms with Crippen molar-refractivity contribution in [2.24, 2.45) is 5.41 Å². The molecule has 0 radical (unpaired) electrons. The molecule has 0 atom stereocenters. The van der Waals surface area contributed by atoms with Crippen molar-refractivity contribution in [3.8, 4) is 0 Å². The molecule has 0 aliphatic rings. The Morgan fingerprint density at radius 3 is 2.50 bits per heavy atom. The van der Waals surface area contributed by atoms with Crippen molar-refractivity contribution in [2.45, 2.75) is 20.8 Å². The van der Waals surface area contributed by atoms with E-state index in [1.807, 2.05) is 0 Å². The SMILES string of the molecule is CN(C(=O)c1ccc(Cl)c(NC(=O)C(C)(C)C)c1)c1cccnc1. The van der Waals surface area contributed by atoms with E-state index < -0.39 is 5.41 Å². The van der Waals surface area contributed by atoms with Crippen molar-refractivity contribution in [3.05, 3.63) is 53.3 Å². The average molecular weight is 346 g/mol. The third kappa shape index (κ3) is 4.11. The summed E-state index contributed by atoms with van der Waals surface area (Å²) in [6.07, 6.45) is 3.25. The van der Waals surface area contributed by atoms with Crippen LogP contribution in [0.15, 0.2) is 42.7 Å². The Labute approximate surface area is 146 Å². The van der Waals surface area contributed by atoms with Crippen LogP contribution < -0.4 is 10.2 Å². The van der Waals surface area contributed by atoms with E-state index in [0.717, 1.165) is 0 Å². The largest absolute Gasteiger partial charge is 0.324 e. The quantitative estimate of drug-likeness (QED) is 0.914. The third-order valence-electron chi connectivity index (χ3n) is 3.48. The van der Waals surface area contributed by atoms with Crippen molar-refractivity contribution in [1.29, 1.82) is 0 Å². The van der Waals surface area contributed by atoms with Crippen LogP contribution in [-0.2, 0) is 4.79 Å². The zero-order chi connectivity index (χ0) is 17.9. The van der Waals surface area contributed by atoms with Crippen LogP contribution in [0.4, 0.5) is 11.4 Å². The van der Waals surface area contributed by atoms with Gasteiger partial charge in [-0.1, -0.05) is 32.4 Å².